The largest absolute Gasteiger partial charge is 0.347 e. The molecule has 4 N–H and O–H groups in total. The Morgan fingerprint density at radius 3 is 2.57 bits per heavy atom. The molecular weight excluding hydrogens is 264 g/mol. The van der Waals surface area contributed by atoms with Crippen molar-refractivity contribution in [2.45, 2.75) is 38.1 Å². The Hall–Kier alpha value is -2.14. The molecule has 0 unspecified atom stereocenters. The zero-order valence-corrected chi connectivity index (χ0v) is 12.1. The van der Waals surface area contributed by atoms with Crippen LogP contribution >= 0.6 is 0 Å². The fraction of sp³-hybridized carbons (Fsp3) is 0.375. The van der Waals surface area contributed by atoms with Gasteiger partial charge in [-0.2, -0.15) is 0 Å². The summed E-state index contributed by atoms with van der Waals surface area (Å²) < 4.78 is 0. The molecule has 0 atom stereocenters. The van der Waals surface area contributed by atoms with Crippen LogP contribution in [0.25, 0.3) is 10.8 Å². The monoisotopic (exact) mass is 284 g/mol. The van der Waals surface area contributed by atoms with E-state index in [1.54, 1.807) is 6.20 Å². The number of nitrogens with two attached hydrogens (primary N) is 1. The highest BCUT2D eigenvalue weighted by molar-refractivity contribution is 6.09. The molecule has 1 aliphatic rings. The third-order valence-corrected chi connectivity index (χ3v) is 4.30. The van der Waals surface area contributed by atoms with Gasteiger partial charge in [0.1, 0.15) is 5.82 Å². The lowest BCUT2D eigenvalue weighted by molar-refractivity contribution is 0.0909. The Balaban J connectivity index is 1.98. The van der Waals surface area contributed by atoms with Crippen LogP contribution in [-0.2, 0) is 0 Å². The van der Waals surface area contributed by atoms with Gasteiger partial charge in [0.05, 0.1) is 5.56 Å². The summed E-state index contributed by atoms with van der Waals surface area (Å²) in [6.45, 7) is 2.11. The first kappa shape index (κ1) is 13.8. The van der Waals surface area contributed by atoms with Gasteiger partial charge in [0, 0.05) is 17.1 Å². The topological polar surface area (TPSA) is 80.0 Å². The van der Waals surface area contributed by atoms with E-state index in [9.17, 15) is 4.79 Å². The summed E-state index contributed by atoms with van der Waals surface area (Å²) in [6, 6.07) is 7.65. The Morgan fingerprint density at radius 1 is 1.24 bits per heavy atom. The number of amides is 1. The number of benzene rings is 1. The zero-order valence-electron chi connectivity index (χ0n) is 12.1. The number of aromatic nitrogens is 1. The molecule has 1 saturated carbocycles. The second-order valence-corrected chi connectivity index (χ2v) is 5.93. The van der Waals surface area contributed by atoms with E-state index in [1.165, 1.54) is 12.8 Å². The number of hydrogen-bond acceptors (Lipinski definition) is 4. The molecule has 0 spiro atoms. The maximum absolute atomic E-state index is 12.6. The average molecular weight is 284 g/mol. The van der Waals surface area contributed by atoms with Crippen LogP contribution in [0, 0.1) is 0 Å². The molecule has 1 fully saturated rings. The van der Waals surface area contributed by atoms with E-state index in [-0.39, 0.29) is 11.4 Å². The zero-order chi connectivity index (χ0) is 14.9. The Labute approximate surface area is 123 Å². The van der Waals surface area contributed by atoms with Gasteiger partial charge in [-0.3, -0.25) is 4.79 Å². The number of fused-ring (bicyclic) bond motifs is 1. The maximum atomic E-state index is 12.6. The van der Waals surface area contributed by atoms with Crippen molar-refractivity contribution in [2.24, 2.45) is 5.84 Å². The molecular formula is C16H20N4O. The number of rotatable bonds is 3. The fourth-order valence-electron chi connectivity index (χ4n) is 3.11. The van der Waals surface area contributed by atoms with E-state index < -0.39 is 0 Å². The Morgan fingerprint density at radius 2 is 1.90 bits per heavy atom. The highest BCUT2D eigenvalue weighted by Gasteiger charge is 2.30. The smallest absolute Gasteiger partial charge is 0.253 e. The molecule has 1 aromatic carbocycles. The third-order valence-electron chi connectivity index (χ3n) is 4.30. The second kappa shape index (κ2) is 5.33. The molecule has 1 aromatic heterocycles. The predicted molar refractivity (Wildman–Crippen MR) is 83.9 cm³/mol. The van der Waals surface area contributed by atoms with Crippen molar-refractivity contribution in [1.82, 2.24) is 10.3 Å². The third kappa shape index (κ3) is 2.56. The Kier molecular flexibility index (Phi) is 3.51. The van der Waals surface area contributed by atoms with E-state index >= 15 is 0 Å². The van der Waals surface area contributed by atoms with Crippen LogP contribution in [0.2, 0.25) is 0 Å². The van der Waals surface area contributed by atoms with Crippen molar-refractivity contribution in [3.8, 4) is 0 Å². The summed E-state index contributed by atoms with van der Waals surface area (Å²) in [4.78, 5) is 16.9. The van der Waals surface area contributed by atoms with Crippen LogP contribution < -0.4 is 16.6 Å². The highest BCUT2D eigenvalue weighted by Crippen LogP contribution is 2.30. The first-order valence-electron chi connectivity index (χ1n) is 7.30. The first-order chi connectivity index (χ1) is 10.1. The number of carbonyl (C=O) groups excluding carboxylic acids is 1. The molecule has 1 aliphatic carbocycles. The summed E-state index contributed by atoms with van der Waals surface area (Å²) in [6.07, 6.45) is 6.00. The van der Waals surface area contributed by atoms with Gasteiger partial charge in [-0.15, -0.1) is 0 Å². The summed E-state index contributed by atoms with van der Waals surface area (Å²) in [5.41, 5.74) is 3.07. The molecule has 0 aliphatic heterocycles. The lowest BCUT2D eigenvalue weighted by Crippen LogP contribution is -2.43. The van der Waals surface area contributed by atoms with E-state index in [0.29, 0.717) is 11.4 Å². The van der Waals surface area contributed by atoms with Crippen molar-refractivity contribution >= 4 is 22.5 Å². The number of nitrogens with zero attached hydrogens (tertiary/aromatic N) is 1. The summed E-state index contributed by atoms with van der Waals surface area (Å²) in [5, 5.41) is 4.88. The molecule has 1 heterocycles. The van der Waals surface area contributed by atoms with Gasteiger partial charge in [0.2, 0.25) is 0 Å². The standard InChI is InChI=1S/C16H20N4O/c1-16(8-4-5-9-16)19-15(21)13-10-18-14(20-17)12-7-3-2-6-11(12)13/h2-3,6-7,10H,4-5,8-9,17H2,1H3,(H,18,20)(H,19,21). The summed E-state index contributed by atoms with van der Waals surface area (Å²) in [5.74, 6) is 6.00. The maximum Gasteiger partial charge on any atom is 0.253 e. The second-order valence-electron chi connectivity index (χ2n) is 5.93. The van der Waals surface area contributed by atoms with Crippen LogP contribution in [0.4, 0.5) is 5.82 Å². The molecule has 2 aromatic rings. The average Bonchev–Trinajstić information content (AvgIpc) is 2.92. The molecule has 1 amide bonds. The minimum absolute atomic E-state index is 0.0633. The van der Waals surface area contributed by atoms with Gasteiger partial charge in [-0.25, -0.2) is 10.8 Å². The minimum Gasteiger partial charge on any atom is -0.347 e. The molecule has 0 radical (unpaired) electrons. The van der Waals surface area contributed by atoms with Crippen LogP contribution in [0.1, 0.15) is 43.0 Å². The van der Waals surface area contributed by atoms with Gasteiger partial charge >= 0.3 is 0 Å². The van der Waals surface area contributed by atoms with E-state index in [4.69, 9.17) is 5.84 Å². The number of hydrazine groups is 1. The van der Waals surface area contributed by atoms with Crippen molar-refractivity contribution in [2.75, 3.05) is 5.43 Å². The number of anilines is 1. The van der Waals surface area contributed by atoms with E-state index in [2.05, 4.69) is 22.7 Å². The van der Waals surface area contributed by atoms with Gasteiger partial charge in [0.25, 0.3) is 5.91 Å². The van der Waals surface area contributed by atoms with Gasteiger partial charge in [-0.1, -0.05) is 37.1 Å². The molecule has 110 valence electrons. The summed E-state index contributed by atoms with van der Waals surface area (Å²) in [7, 11) is 0. The highest BCUT2D eigenvalue weighted by atomic mass is 16.1. The van der Waals surface area contributed by atoms with Crippen molar-refractivity contribution in [3.63, 3.8) is 0 Å². The fourth-order valence-corrected chi connectivity index (χ4v) is 3.11. The minimum atomic E-state index is -0.0943. The number of nitrogen functional groups attached to an aromatic ring is 1. The number of nitrogens with one attached hydrogen (secondary N) is 2. The lowest BCUT2D eigenvalue weighted by atomic mass is 9.99. The molecule has 21 heavy (non-hydrogen) atoms. The van der Waals surface area contributed by atoms with E-state index in [0.717, 1.165) is 23.6 Å². The SMILES string of the molecule is CC1(NC(=O)c2cnc(NN)c3ccccc23)CCCC1. The van der Waals surface area contributed by atoms with Crippen molar-refractivity contribution < 1.29 is 4.79 Å². The number of pyridine rings is 1. The van der Waals surface area contributed by atoms with Crippen LogP contribution in [0.3, 0.4) is 0 Å². The van der Waals surface area contributed by atoms with Crippen LogP contribution in [0.15, 0.2) is 30.5 Å². The number of hydrogen-bond donors (Lipinski definition) is 3. The number of carbonyl (C=O) groups is 1. The van der Waals surface area contributed by atoms with Crippen LogP contribution in [-0.4, -0.2) is 16.4 Å². The molecule has 3 rings (SSSR count). The Bertz CT molecular complexity index is 677. The van der Waals surface area contributed by atoms with Gasteiger partial charge < -0.3 is 10.7 Å². The quantitative estimate of drug-likeness (QED) is 0.598. The molecule has 0 saturated heterocycles. The first-order valence-corrected chi connectivity index (χ1v) is 7.30. The van der Waals surface area contributed by atoms with Crippen molar-refractivity contribution in [1.29, 1.82) is 0 Å². The van der Waals surface area contributed by atoms with Crippen molar-refractivity contribution in [3.05, 3.63) is 36.0 Å². The van der Waals surface area contributed by atoms with Gasteiger partial charge in [-0.05, 0) is 25.2 Å². The van der Waals surface area contributed by atoms with E-state index in [1.807, 2.05) is 24.3 Å². The summed E-state index contributed by atoms with van der Waals surface area (Å²) >= 11 is 0. The lowest BCUT2D eigenvalue weighted by Gasteiger charge is -2.25. The van der Waals surface area contributed by atoms with Crippen LogP contribution in [0.5, 0.6) is 0 Å². The predicted octanol–water partition coefficient (Wildman–Crippen LogP) is 2.58. The normalized spacial score (nSPS) is 16.9. The molecule has 5 heteroatoms. The van der Waals surface area contributed by atoms with Gasteiger partial charge in [0.15, 0.2) is 0 Å². The molecule has 0 bridgehead atoms. The molecule has 5 nitrogen and oxygen atoms in total.